The Labute approximate surface area is 175 Å². The van der Waals surface area contributed by atoms with E-state index in [1.165, 1.54) is 6.42 Å². The quantitative estimate of drug-likeness (QED) is 0.557. The van der Waals surface area contributed by atoms with E-state index in [0.717, 1.165) is 65.9 Å². The first kappa shape index (κ1) is 18.8. The van der Waals surface area contributed by atoms with Gasteiger partial charge in [0.1, 0.15) is 11.5 Å². The number of hydrogen-bond acceptors (Lipinski definition) is 4. The summed E-state index contributed by atoms with van der Waals surface area (Å²) < 4.78 is 1.77. The van der Waals surface area contributed by atoms with Gasteiger partial charge in [0.05, 0.1) is 17.3 Å². The Morgan fingerprint density at radius 1 is 1.20 bits per heavy atom. The van der Waals surface area contributed by atoms with Gasteiger partial charge in [-0.05, 0) is 42.9 Å². The van der Waals surface area contributed by atoms with Crippen molar-refractivity contribution in [3.05, 3.63) is 48.3 Å². The van der Waals surface area contributed by atoms with Crippen LogP contribution in [0.3, 0.4) is 0 Å². The summed E-state index contributed by atoms with van der Waals surface area (Å²) in [5.74, 6) is 1.44. The molecule has 1 amide bonds. The first-order chi connectivity index (χ1) is 14.6. The topological polar surface area (TPSA) is 79.2 Å². The molecule has 4 aromatic rings. The smallest absolute Gasteiger partial charge is 0.257 e. The van der Waals surface area contributed by atoms with Crippen molar-refractivity contribution < 1.29 is 4.79 Å². The van der Waals surface area contributed by atoms with Crippen LogP contribution in [0, 0.1) is 5.92 Å². The Morgan fingerprint density at radius 3 is 2.83 bits per heavy atom. The lowest BCUT2D eigenvalue weighted by Crippen LogP contribution is -2.35. The van der Waals surface area contributed by atoms with Crippen LogP contribution >= 0.6 is 0 Å². The van der Waals surface area contributed by atoms with E-state index < -0.39 is 0 Å². The summed E-state index contributed by atoms with van der Waals surface area (Å²) in [6.07, 6.45) is 11.7. The molecule has 0 aromatic carbocycles. The fourth-order valence-corrected chi connectivity index (χ4v) is 4.23. The monoisotopic (exact) mass is 402 g/mol. The van der Waals surface area contributed by atoms with Crippen molar-refractivity contribution in [3.63, 3.8) is 0 Å². The molecule has 0 atom stereocenters. The fourth-order valence-electron chi connectivity index (χ4n) is 4.23. The van der Waals surface area contributed by atoms with Crippen molar-refractivity contribution in [2.75, 3.05) is 13.1 Å². The number of nitrogens with one attached hydrogen (secondary N) is 1. The number of fused-ring (bicyclic) bond motifs is 2. The number of nitrogens with zero attached hydrogens (tertiary/aromatic N) is 5. The zero-order chi connectivity index (χ0) is 20.7. The average Bonchev–Trinajstić information content (AvgIpc) is 3.36. The zero-order valence-electron chi connectivity index (χ0n) is 17.4. The molecule has 1 aliphatic heterocycles. The minimum absolute atomic E-state index is 0.0717. The third kappa shape index (κ3) is 3.34. The van der Waals surface area contributed by atoms with Gasteiger partial charge in [-0.1, -0.05) is 13.8 Å². The highest BCUT2D eigenvalue weighted by atomic mass is 16.2. The van der Waals surface area contributed by atoms with Crippen molar-refractivity contribution in [1.29, 1.82) is 0 Å². The Kier molecular flexibility index (Phi) is 4.73. The Balaban J connectivity index is 1.53. The molecule has 1 fully saturated rings. The van der Waals surface area contributed by atoms with Crippen LogP contribution in [0.4, 0.5) is 0 Å². The molecular weight excluding hydrogens is 376 g/mol. The molecule has 4 aromatic heterocycles. The molecule has 1 N–H and O–H groups in total. The van der Waals surface area contributed by atoms with E-state index in [0.29, 0.717) is 11.5 Å². The SMILES string of the molecule is CC(C)Cc1ncc2c(-c3ccn4ncc(C(=O)N5CCCCC5)c4c3)c[nH]c2n1. The molecular formula is C23H26N6O. The molecule has 0 radical (unpaired) electrons. The first-order valence-electron chi connectivity index (χ1n) is 10.7. The molecule has 1 aliphatic rings. The van der Waals surface area contributed by atoms with E-state index in [-0.39, 0.29) is 5.91 Å². The third-order valence-electron chi connectivity index (χ3n) is 5.78. The number of likely N-dealkylation sites (tertiary alicyclic amines) is 1. The molecule has 7 nitrogen and oxygen atoms in total. The molecule has 0 bridgehead atoms. The van der Waals surface area contributed by atoms with Gasteiger partial charge in [0.15, 0.2) is 0 Å². The molecule has 0 saturated carbocycles. The van der Waals surface area contributed by atoms with Crippen molar-refractivity contribution in [1.82, 2.24) is 29.5 Å². The summed E-state index contributed by atoms with van der Waals surface area (Å²) in [5.41, 5.74) is 4.38. The minimum Gasteiger partial charge on any atom is -0.345 e. The van der Waals surface area contributed by atoms with Gasteiger partial charge in [0, 0.05) is 49.1 Å². The van der Waals surface area contributed by atoms with Crippen LogP contribution in [0.15, 0.2) is 36.9 Å². The lowest BCUT2D eigenvalue weighted by molar-refractivity contribution is 0.0726. The summed E-state index contributed by atoms with van der Waals surface area (Å²) in [6, 6.07) is 4.05. The molecule has 0 aliphatic carbocycles. The summed E-state index contributed by atoms with van der Waals surface area (Å²) in [6.45, 7) is 5.98. The number of amides is 1. The number of pyridine rings is 1. The highest BCUT2D eigenvalue weighted by Crippen LogP contribution is 2.29. The van der Waals surface area contributed by atoms with Crippen LogP contribution < -0.4 is 0 Å². The summed E-state index contributed by atoms with van der Waals surface area (Å²) in [7, 11) is 0. The largest absolute Gasteiger partial charge is 0.345 e. The Morgan fingerprint density at radius 2 is 2.03 bits per heavy atom. The molecule has 7 heteroatoms. The van der Waals surface area contributed by atoms with Gasteiger partial charge < -0.3 is 9.88 Å². The molecule has 30 heavy (non-hydrogen) atoms. The molecule has 0 unspecified atom stereocenters. The van der Waals surface area contributed by atoms with Crippen molar-refractivity contribution in [2.24, 2.45) is 5.92 Å². The average molecular weight is 403 g/mol. The van der Waals surface area contributed by atoms with Crippen LogP contribution in [0.5, 0.6) is 0 Å². The number of carbonyl (C=O) groups is 1. The van der Waals surface area contributed by atoms with Crippen LogP contribution in [0.2, 0.25) is 0 Å². The minimum atomic E-state index is 0.0717. The van der Waals surface area contributed by atoms with E-state index in [2.05, 4.69) is 33.9 Å². The summed E-state index contributed by atoms with van der Waals surface area (Å²) in [4.78, 5) is 27.5. The van der Waals surface area contributed by atoms with Crippen molar-refractivity contribution >= 4 is 22.5 Å². The normalized spacial score (nSPS) is 14.8. The number of rotatable bonds is 4. The summed E-state index contributed by atoms with van der Waals surface area (Å²) >= 11 is 0. The first-order valence-corrected chi connectivity index (χ1v) is 10.7. The molecule has 0 spiro atoms. The van der Waals surface area contributed by atoms with Crippen LogP contribution in [-0.2, 0) is 6.42 Å². The number of carbonyl (C=O) groups excluding carboxylic acids is 1. The van der Waals surface area contributed by atoms with Crippen LogP contribution in [-0.4, -0.2) is 48.5 Å². The predicted octanol–water partition coefficient (Wildman–Crippen LogP) is 4.10. The Hall–Kier alpha value is -3.22. The van der Waals surface area contributed by atoms with E-state index in [1.54, 1.807) is 10.7 Å². The second kappa shape index (κ2) is 7.55. The number of aromatic nitrogens is 5. The van der Waals surface area contributed by atoms with E-state index in [1.807, 2.05) is 35.6 Å². The number of piperidine rings is 1. The molecule has 1 saturated heterocycles. The Bertz CT molecular complexity index is 1220. The van der Waals surface area contributed by atoms with Crippen molar-refractivity contribution in [3.8, 4) is 11.1 Å². The molecule has 154 valence electrons. The van der Waals surface area contributed by atoms with E-state index in [9.17, 15) is 4.79 Å². The molecule has 5 heterocycles. The third-order valence-corrected chi connectivity index (χ3v) is 5.78. The predicted molar refractivity (Wildman–Crippen MR) is 116 cm³/mol. The maximum atomic E-state index is 13.1. The maximum absolute atomic E-state index is 13.1. The van der Waals surface area contributed by atoms with Gasteiger partial charge in [-0.25, -0.2) is 14.5 Å². The lowest BCUT2D eigenvalue weighted by Gasteiger charge is -2.26. The second-order valence-electron chi connectivity index (χ2n) is 8.51. The maximum Gasteiger partial charge on any atom is 0.257 e. The molecule has 5 rings (SSSR count). The van der Waals surface area contributed by atoms with Crippen LogP contribution in [0.1, 0.15) is 49.3 Å². The van der Waals surface area contributed by atoms with Crippen molar-refractivity contribution in [2.45, 2.75) is 39.5 Å². The number of hydrogen-bond donors (Lipinski definition) is 1. The van der Waals surface area contributed by atoms with Gasteiger partial charge in [0.2, 0.25) is 0 Å². The summed E-state index contributed by atoms with van der Waals surface area (Å²) in [5, 5.41) is 5.38. The van der Waals surface area contributed by atoms with E-state index in [4.69, 9.17) is 0 Å². The zero-order valence-corrected chi connectivity index (χ0v) is 17.4. The number of H-pyrrole nitrogens is 1. The highest BCUT2D eigenvalue weighted by Gasteiger charge is 2.22. The van der Waals surface area contributed by atoms with Gasteiger partial charge in [0.25, 0.3) is 5.91 Å². The van der Waals surface area contributed by atoms with Gasteiger partial charge in [-0.2, -0.15) is 5.10 Å². The number of aromatic amines is 1. The fraction of sp³-hybridized carbons (Fsp3) is 0.391. The van der Waals surface area contributed by atoms with Crippen LogP contribution in [0.25, 0.3) is 27.7 Å². The standard InChI is InChI=1S/C23H26N6O/c1-15(2)10-21-24-13-18-17(12-25-22(18)27-21)16-6-9-29-20(11-16)19(14-26-29)23(30)28-7-4-3-5-8-28/h6,9,11-15H,3-5,7-8,10H2,1-2H3,(H,24,25,27). The lowest BCUT2D eigenvalue weighted by atomic mass is 10.1. The highest BCUT2D eigenvalue weighted by molar-refractivity contribution is 6.02. The van der Waals surface area contributed by atoms with Gasteiger partial charge in [-0.15, -0.1) is 0 Å². The van der Waals surface area contributed by atoms with Gasteiger partial charge >= 0.3 is 0 Å². The van der Waals surface area contributed by atoms with Gasteiger partial charge in [-0.3, -0.25) is 4.79 Å². The van der Waals surface area contributed by atoms with E-state index >= 15 is 0 Å². The second-order valence-corrected chi connectivity index (χ2v) is 8.51.